The van der Waals surface area contributed by atoms with Crippen molar-refractivity contribution in [1.82, 2.24) is 0 Å². The van der Waals surface area contributed by atoms with Crippen LogP contribution >= 0.6 is 74.5 Å². The summed E-state index contributed by atoms with van der Waals surface area (Å²) in [5.74, 6) is 0. The Morgan fingerprint density at radius 3 is 1.40 bits per heavy atom. The fourth-order valence-electron chi connectivity index (χ4n) is 2.92. The second-order valence-corrected chi connectivity index (χ2v) is 23.2. The van der Waals surface area contributed by atoms with Crippen LogP contribution in [-0.4, -0.2) is 117 Å². The van der Waals surface area contributed by atoms with Gasteiger partial charge in [-0.15, -0.1) is 13.2 Å². The molecule has 0 aromatic heterocycles. The van der Waals surface area contributed by atoms with Crippen molar-refractivity contribution in [2.24, 2.45) is 0 Å². The maximum absolute atomic E-state index is 9.55. The van der Waals surface area contributed by atoms with E-state index in [2.05, 4.69) is 87.6 Å². The molecule has 10 atom stereocenters. The molecule has 2 saturated heterocycles. The van der Waals surface area contributed by atoms with E-state index in [4.69, 9.17) is 24.1 Å². The summed E-state index contributed by atoms with van der Waals surface area (Å²) < 4.78 is 20.5. The molecule has 11 nitrogen and oxygen atoms in total. The topological polar surface area (TPSA) is 179 Å². The van der Waals surface area contributed by atoms with Gasteiger partial charge < -0.3 is 54.7 Å². The van der Waals surface area contributed by atoms with Crippen molar-refractivity contribution >= 4 is 74.5 Å². The van der Waals surface area contributed by atoms with Gasteiger partial charge in [0.15, 0.2) is 12.6 Å². The Morgan fingerprint density at radius 2 is 1.09 bits per heavy atom. The van der Waals surface area contributed by atoms with Crippen molar-refractivity contribution in [3.8, 4) is 0 Å². The summed E-state index contributed by atoms with van der Waals surface area (Å²) in [5.41, 5.74) is 0. The van der Waals surface area contributed by atoms with Crippen LogP contribution in [0.1, 0.15) is 13.3 Å². The maximum atomic E-state index is 9.55. The zero-order valence-corrected chi connectivity index (χ0v) is 29.6. The van der Waals surface area contributed by atoms with E-state index in [0.29, 0.717) is 19.7 Å². The third-order valence-electron chi connectivity index (χ3n) is 4.68. The van der Waals surface area contributed by atoms with Gasteiger partial charge in [0.25, 0.3) is 0 Å². The van der Waals surface area contributed by atoms with Crippen LogP contribution in [0.25, 0.3) is 0 Å². The monoisotopic (exact) mass is 1070 g/mol. The van der Waals surface area contributed by atoms with E-state index in [0.717, 1.165) is 0 Å². The van der Waals surface area contributed by atoms with Gasteiger partial charge in [0.2, 0.25) is 0 Å². The molecule has 2 aliphatic rings. The average molecular weight is 1070 g/mol. The molecule has 10 unspecified atom stereocenters. The van der Waals surface area contributed by atoms with Gasteiger partial charge in [0, 0.05) is 37.2 Å². The number of aliphatic hydroxyl groups excluding tert-OH is 7. The minimum atomic E-state index is -1.40. The molecule has 2 heterocycles. The molecule has 0 amide bonds. The zero-order valence-electron chi connectivity index (χ0n) is 18.8. The molecular weight excluding hydrogens is 1040 g/mol. The predicted molar refractivity (Wildman–Crippen MR) is 159 cm³/mol. The number of aliphatic hydroxyl groups is 7. The molecule has 0 aromatic carbocycles. The van der Waals surface area contributed by atoms with E-state index in [-0.39, 0.29) is 13.2 Å². The Hall–Kier alpha value is 2.69. The van der Waals surface area contributed by atoms with E-state index >= 15 is 0 Å². The van der Waals surface area contributed by atoms with E-state index in [1.807, 2.05) is 6.92 Å². The van der Waals surface area contributed by atoms with Gasteiger partial charge in [-0.2, -0.15) is 0 Å². The molecule has 2 fully saturated rings. The van der Waals surface area contributed by atoms with Crippen LogP contribution in [0.3, 0.4) is 0 Å². The van der Waals surface area contributed by atoms with Crippen molar-refractivity contribution in [2.75, 3.05) is 19.8 Å². The first-order chi connectivity index (χ1) is 16.6. The summed E-state index contributed by atoms with van der Waals surface area (Å²) >= 11 is 9.54. The molecule has 2 aliphatic heterocycles. The first kappa shape index (κ1) is 39.8. The van der Waals surface area contributed by atoms with Crippen LogP contribution in [0.5, 0.6) is 0 Å². The second kappa shape index (κ2) is 24.5. The Balaban J connectivity index is 0. The SMILES string of the molecule is C=CCOC1OC(CC)C(O)C(O)C1O.C=CCOC1OC(CO)C(O)C(O)C1O.II.I[I-]I. The first-order valence-corrected chi connectivity index (χ1v) is 29.0. The van der Waals surface area contributed by atoms with Crippen molar-refractivity contribution in [3.05, 3.63) is 25.3 Å². The van der Waals surface area contributed by atoms with E-state index < -0.39 is 68.0 Å². The van der Waals surface area contributed by atoms with Gasteiger partial charge in [-0.3, -0.25) is 0 Å². The third-order valence-corrected chi connectivity index (χ3v) is 4.68. The number of rotatable bonds is 8. The second-order valence-electron chi connectivity index (χ2n) is 6.92. The van der Waals surface area contributed by atoms with Crippen LogP contribution in [0.15, 0.2) is 25.3 Å². The van der Waals surface area contributed by atoms with Gasteiger partial charge in [-0.1, -0.05) is 19.1 Å². The summed E-state index contributed by atoms with van der Waals surface area (Å²) in [6.07, 6.45) is -7.55. The van der Waals surface area contributed by atoms with E-state index in [9.17, 15) is 30.6 Å². The molecule has 0 saturated carbocycles. The Kier molecular flexibility index (Phi) is 27.9. The first-order valence-electron chi connectivity index (χ1n) is 10.1. The number of halogens is 5. The van der Waals surface area contributed by atoms with Crippen LogP contribution in [0.2, 0.25) is 0 Å². The fraction of sp³-hybridized carbons (Fsp3) is 0.789. The van der Waals surface area contributed by atoms with Crippen LogP contribution in [0, 0.1) is 0 Å². The van der Waals surface area contributed by atoms with Crippen LogP contribution in [-0.2, 0) is 18.9 Å². The van der Waals surface area contributed by atoms with Gasteiger partial charge in [0.05, 0.1) is 25.9 Å². The summed E-state index contributed by atoms with van der Waals surface area (Å²) in [6.45, 7) is 8.62. The van der Waals surface area contributed by atoms with Crippen molar-refractivity contribution in [3.63, 3.8) is 0 Å². The number of hydrogen-bond acceptors (Lipinski definition) is 11. The molecule has 0 bridgehead atoms. The molecule has 212 valence electrons. The molecule has 0 aliphatic carbocycles. The Labute approximate surface area is 258 Å². The molecular formula is C19H34I5O11-. The van der Waals surface area contributed by atoms with Gasteiger partial charge >= 0.3 is 50.5 Å². The van der Waals surface area contributed by atoms with E-state index in [1.54, 1.807) is 0 Å². The average Bonchev–Trinajstić information content (AvgIpc) is 2.87. The van der Waals surface area contributed by atoms with Crippen LogP contribution < -0.4 is 13.3 Å². The summed E-state index contributed by atoms with van der Waals surface area (Å²) in [6, 6.07) is 0. The molecule has 7 N–H and O–H groups in total. The zero-order chi connectivity index (χ0) is 27.6. The molecule has 2 rings (SSSR count). The Bertz CT molecular complexity index is 491. The summed E-state index contributed by atoms with van der Waals surface area (Å²) in [5, 5.41) is 65.8. The van der Waals surface area contributed by atoms with Crippen molar-refractivity contribution in [1.29, 1.82) is 0 Å². The molecule has 0 aromatic rings. The molecule has 0 spiro atoms. The normalized spacial score (nSPS) is 36.3. The molecule has 35 heavy (non-hydrogen) atoms. The van der Waals surface area contributed by atoms with Crippen LogP contribution in [0.4, 0.5) is 0 Å². The van der Waals surface area contributed by atoms with Crippen molar-refractivity contribution < 1.29 is 67.9 Å². The minimum absolute atomic E-state index is 0.142. The number of ether oxygens (including phenoxy) is 4. The fourth-order valence-corrected chi connectivity index (χ4v) is 2.92. The predicted octanol–water partition coefficient (Wildman–Crippen LogP) is -2.06. The van der Waals surface area contributed by atoms with E-state index in [1.165, 1.54) is 12.2 Å². The van der Waals surface area contributed by atoms with Crippen molar-refractivity contribution in [2.45, 2.75) is 74.8 Å². The molecule has 16 heteroatoms. The Morgan fingerprint density at radius 1 is 0.743 bits per heavy atom. The summed E-state index contributed by atoms with van der Waals surface area (Å²) in [7, 11) is 0. The van der Waals surface area contributed by atoms with Gasteiger partial charge in [0.1, 0.15) is 42.7 Å². The van der Waals surface area contributed by atoms with Gasteiger partial charge in [-0.05, 0) is 6.42 Å². The number of hydrogen-bond donors (Lipinski definition) is 7. The standard InChI is InChI=1S/C10H18O5.C9H16O6.I3.I2/c1-3-5-14-10-9(13)8(12)7(11)6(4-2)15-10;1-2-3-14-9-8(13)7(12)6(11)5(4-10)15-9;1-3-2;1-2/h3,6-13H,1,4-5H2,2H3;2,5-13H,1,3-4H2;;/q;;-1;. The summed E-state index contributed by atoms with van der Waals surface area (Å²) in [4.78, 5) is 0. The van der Waals surface area contributed by atoms with Gasteiger partial charge in [-0.25, -0.2) is 0 Å². The molecule has 0 radical (unpaired) electrons. The third kappa shape index (κ3) is 14.8. The quantitative estimate of drug-likeness (QED) is 0.105.